The zero-order chi connectivity index (χ0) is 22.3. The molecule has 5 rings (SSSR count). The van der Waals surface area contributed by atoms with Gasteiger partial charge in [0.2, 0.25) is 5.91 Å². The third-order valence-electron chi connectivity index (χ3n) is 5.42. The van der Waals surface area contributed by atoms with Gasteiger partial charge in [0.05, 0.1) is 10.0 Å². The Balaban J connectivity index is 1.37. The Hall–Kier alpha value is -2.30. The quantitative estimate of drug-likeness (QED) is 0.391. The maximum atomic E-state index is 13.0. The molecule has 0 saturated carbocycles. The van der Waals surface area contributed by atoms with Crippen LogP contribution in [0.15, 0.2) is 64.2 Å². The van der Waals surface area contributed by atoms with Gasteiger partial charge in [0, 0.05) is 17.5 Å². The normalized spacial score (nSPS) is 17.1. The largest absolute Gasteiger partial charge is 0.301 e. The second-order valence-corrected chi connectivity index (χ2v) is 12.1. The molecule has 2 aromatic carbocycles. The molecule has 1 fully saturated rings. The minimum absolute atomic E-state index is 0.148. The zero-order valence-corrected chi connectivity index (χ0v) is 19.9. The monoisotopic (exact) mass is 503 g/mol. The van der Waals surface area contributed by atoms with Crippen molar-refractivity contribution >= 4 is 66.1 Å². The van der Waals surface area contributed by atoms with Crippen LogP contribution in [0.3, 0.4) is 0 Å². The van der Waals surface area contributed by atoms with Gasteiger partial charge in [0.15, 0.2) is 5.13 Å². The van der Waals surface area contributed by atoms with Crippen molar-refractivity contribution in [2.24, 2.45) is 0 Å². The Kier molecular flexibility index (Phi) is 5.77. The lowest BCUT2D eigenvalue weighted by molar-refractivity contribution is -0.119. The second-order valence-electron chi connectivity index (χ2n) is 7.39. The summed E-state index contributed by atoms with van der Waals surface area (Å²) in [7, 11) is -3.78. The summed E-state index contributed by atoms with van der Waals surface area (Å²) in [5.41, 5.74) is 1.76. The Labute approximate surface area is 198 Å². The molecule has 0 radical (unpaired) electrons. The number of thiazole rings is 1. The number of thiophene rings is 1. The number of carbonyl (C=O) groups is 1. The number of anilines is 1. The Bertz CT molecular complexity index is 1410. The number of fused-ring (bicyclic) bond motifs is 1. The number of halogens is 1. The summed E-state index contributed by atoms with van der Waals surface area (Å²) in [6.07, 6.45) is 1.08. The molecular weight excluding hydrogens is 486 g/mol. The summed E-state index contributed by atoms with van der Waals surface area (Å²) in [6.45, 7) is 0.301. The number of carbonyl (C=O) groups excluding carboxylic acids is 1. The summed E-state index contributed by atoms with van der Waals surface area (Å²) in [6, 6.07) is 16.3. The van der Waals surface area contributed by atoms with Gasteiger partial charge in [-0.15, -0.1) is 22.7 Å². The number of nitrogens with zero attached hydrogens (tertiary/aromatic N) is 2. The van der Waals surface area contributed by atoms with Gasteiger partial charge in [-0.1, -0.05) is 54.1 Å². The fourth-order valence-corrected chi connectivity index (χ4v) is 7.92. The van der Waals surface area contributed by atoms with E-state index in [1.165, 1.54) is 21.7 Å². The molecule has 1 atom stereocenters. The van der Waals surface area contributed by atoms with Crippen LogP contribution in [0.2, 0.25) is 4.34 Å². The number of aromatic nitrogens is 1. The fourth-order valence-electron chi connectivity index (χ4n) is 3.93. The van der Waals surface area contributed by atoms with Crippen LogP contribution in [0.1, 0.15) is 12.8 Å². The van der Waals surface area contributed by atoms with Crippen molar-refractivity contribution in [3.63, 3.8) is 0 Å². The summed E-state index contributed by atoms with van der Waals surface area (Å²) in [5, 5.41) is 7.36. The van der Waals surface area contributed by atoms with Crippen molar-refractivity contribution in [1.82, 2.24) is 9.29 Å². The van der Waals surface area contributed by atoms with Crippen molar-refractivity contribution in [3.05, 3.63) is 64.3 Å². The maximum Gasteiger partial charge on any atom is 0.253 e. The Morgan fingerprint density at radius 1 is 1.12 bits per heavy atom. The highest BCUT2D eigenvalue weighted by atomic mass is 35.5. The summed E-state index contributed by atoms with van der Waals surface area (Å²) in [4.78, 5) is 17.6. The highest BCUT2D eigenvalue weighted by molar-refractivity contribution is 7.91. The number of sulfonamides is 1. The zero-order valence-electron chi connectivity index (χ0n) is 16.7. The maximum absolute atomic E-state index is 13.0. The third kappa shape index (κ3) is 3.95. The van der Waals surface area contributed by atoms with Crippen LogP contribution in [0.4, 0.5) is 5.13 Å². The standard InChI is InChI=1S/C22H18ClN3O3S3/c23-19-10-11-20(31-19)32(28,29)26-12-4-9-18(26)21(27)25-22-24-17(13-30-22)16-8-3-6-14-5-1-2-7-15(14)16/h1-3,5-8,10-11,13,18H,4,9,12H2,(H,24,25,27). The van der Waals surface area contributed by atoms with Gasteiger partial charge in [-0.3, -0.25) is 4.79 Å². The van der Waals surface area contributed by atoms with Gasteiger partial charge >= 0.3 is 0 Å². The minimum atomic E-state index is -3.78. The molecule has 10 heteroatoms. The molecule has 1 amide bonds. The number of benzene rings is 2. The van der Waals surface area contributed by atoms with Crippen LogP contribution in [-0.4, -0.2) is 36.2 Å². The number of nitrogens with one attached hydrogen (secondary N) is 1. The van der Waals surface area contributed by atoms with E-state index >= 15 is 0 Å². The van der Waals surface area contributed by atoms with Crippen molar-refractivity contribution in [2.75, 3.05) is 11.9 Å². The van der Waals surface area contributed by atoms with Gasteiger partial charge in [-0.25, -0.2) is 13.4 Å². The molecule has 32 heavy (non-hydrogen) atoms. The first-order valence-electron chi connectivity index (χ1n) is 9.95. The van der Waals surface area contributed by atoms with E-state index in [1.807, 2.05) is 47.8 Å². The van der Waals surface area contributed by atoms with Crippen LogP contribution in [0.5, 0.6) is 0 Å². The van der Waals surface area contributed by atoms with E-state index in [-0.39, 0.29) is 10.1 Å². The smallest absolute Gasteiger partial charge is 0.253 e. The summed E-state index contributed by atoms with van der Waals surface area (Å²) >= 11 is 8.23. The first-order valence-corrected chi connectivity index (χ1v) is 13.5. The van der Waals surface area contributed by atoms with Crippen LogP contribution < -0.4 is 5.32 Å². The molecule has 164 valence electrons. The molecule has 1 saturated heterocycles. The average Bonchev–Trinajstić information content (AvgIpc) is 3.54. The lowest BCUT2D eigenvalue weighted by atomic mass is 10.0. The first kappa shape index (κ1) is 21.5. The SMILES string of the molecule is O=C(Nc1nc(-c2cccc3ccccc23)cs1)C1CCCN1S(=O)(=O)c1ccc(Cl)s1. The van der Waals surface area contributed by atoms with E-state index in [0.29, 0.717) is 28.9 Å². The first-order chi connectivity index (χ1) is 15.4. The van der Waals surface area contributed by atoms with Crippen molar-refractivity contribution in [3.8, 4) is 11.3 Å². The van der Waals surface area contributed by atoms with E-state index in [1.54, 1.807) is 6.07 Å². The summed E-state index contributed by atoms with van der Waals surface area (Å²) in [5.74, 6) is -0.368. The second kappa shape index (κ2) is 8.57. The van der Waals surface area contributed by atoms with E-state index < -0.39 is 16.1 Å². The molecule has 1 unspecified atom stereocenters. The van der Waals surface area contributed by atoms with E-state index in [9.17, 15) is 13.2 Å². The molecule has 6 nitrogen and oxygen atoms in total. The number of hydrogen-bond acceptors (Lipinski definition) is 6. The van der Waals surface area contributed by atoms with Crippen LogP contribution in [-0.2, 0) is 14.8 Å². The van der Waals surface area contributed by atoms with E-state index in [0.717, 1.165) is 33.4 Å². The summed E-state index contributed by atoms with van der Waals surface area (Å²) < 4.78 is 27.8. The predicted octanol–water partition coefficient (Wildman–Crippen LogP) is 5.47. The van der Waals surface area contributed by atoms with Crippen LogP contribution in [0, 0.1) is 0 Å². The van der Waals surface area contributed by atoms with Gasteiger partial charge in [0.25, 0.3) is 10.0 Å². The predicted molar refractivity (Wildman–Crippen MR) is 130 cm³/mol. The van der Waals surface area contributed by atoms with Crippen molar-refractivity contribution in [1.29, 1.82) is 0 Å². The molecule has 2 aromatic heterocycles. The third-order valence-corrected chi connectivity index (χ3v) is 9.78. The van der Waals surface area contributed by atoms with Gasteiger partial charge in [0.1, 0.15) is 10.3 Å². The fraction of sp³-hybridized carbons (Fsp3) is 0.182. The molecule has 0 spiro atoms. The molecule has 4 aromatic rings. The lowest BCUT2D eigenvalue weighted by Crippen LogP contribution is -2.42. The highest BCUT2D eigenvalue weighted by Gasteiger charge is 2.40. The van der Waals surface area contributed by atoms with Gasteiger partial charge < -0.3 is 5.32 Å². The van der Waals surface area contributed by atoms with Crippen LogP contribution >= 0.6 is 34.3 Å². The van der Waals surface area contributed by atoms with E-state index in [2.05, 4.69) is 10.3 Å². The number of hydrogen-bond donors (Lipinski definition) is 1. The van der Waals surface area contributed by atoms with Crippen molar-refractivity contribution in [2.45, 2.75) is 23.1 Å². The number of amides is 1. The molecule has 0 bridgehead atoms. The highest BCUT2D eigenvalue weighted by Crippen LogP contribution is 2.34. The Morgan fingerprint density at radius 2 is 1.94 bits per heavy atom. The Morgan fingerprint density at radius 3 is 2.75 bits per heavy atom. The minimum Gasteiger partial charge on any atom is -0.301 e. The molecule has 0 aliphatic carbocycles. The lowest BCUT2D eigenvalue weighted by Gasteiger charge is -2.22. The van der Waals surface area contributed by atoms with Gasteiger partial charge in [-0.2, -0.15) is 4.31 Å². The molecule has 1 aliphatic rings. The van der Waals surface area contributed by atoms with Crippen molar-refractivity contribution < 1.29 is 13.2 Å². The van der Waals surface area contributed by atoms with Gasteiger partial charge in [-0.05, 0) is 35.7 Å². The molecular formula is C22H18ClN3O3S3. The average molecular weight is 504 g/mol. The topological polar surface area (TPSA) is 79.4 Å². The molecule has 1 aliphatic heterocycles. The molecule has 1 N–H and O–H groups in total. The number of rotatable bonds is 5. The van der Waals surface area contributed by atoms with Crippen LogP contribution in [0.25, 0.3) is 22.0 Å². The molecule has 3 heterocycles. The van der Waals surface area contributed by atoms with E-state index in [4.69, 9.17) is 11.6 Å².